The average molecular weight is 331 g/mol. The second-order valence-electron chi connectivity index (χ2n) is 6.27. The minimum Gasteiger partial charge on any atom is -0.363 e. The summed E-state index contributed by atoms with van der Waals surface area (Å²) >= 11 is 5.62. The summed E-state index contributed by atoms with van der Waals surface area (Å²) in [4.78, 5) is 10.5. The van der Waals surface area contributed by atoms with Crippen LogP contribution in [0.15, 0.2) is 24.3 Å². The van der Waals surface area contributed by atoms with Crippen LogP contribution in [0.5, 0.6) is 0 Å². The molecule has 1 aliphatic rings. The van der Waals surface area contributed by atoms with Gasteiger partial charge < -0.3 is 15.2 Å². The molecule has 0 aliphatic heterocycles. The summed E-state index contributed by atoms with van der Waals surface area (Å²) in [6.45, 7) is 3.91. The molecular formula is C18H26N4S. The van der Waals surface area contributed by atoms with E-state index in [9.17, 15) is 0 Å². The zero-order valence-corrected chi connectivity index (χ0v) is 14.7. The van der Waals surface area contributed by atoms with E-state index in [1.54, 1.807) is 0 Å². The van der Waals surface area contributed by atoms with E-state index >= 15 is 0 Å². The van der Waals surface area contributed by atoms with Gasteiger partial charge in [0.15, 0.2) is 5.11 Å². The Balaban J connectivity index is 1.68. The lowest BCUT2D eigenvalue weighted by molar-refractivity contribution is 0.242. The number of rotatable bonds is 5. The molecule has 0 bridgehead atoms. The molecule has 1 saturated carbocycles. The Morgan fingerprint density at radius 1 is 1.30 bits per heavy atom. The van der Waals surface area contributed by atoms with E-state index in [0.29, 0.717) is 6.04 Å². The number of benzene rings is 1. The van der Waals surface area contributed by atoms with Crippen LogP contribution < -0.4 is 5.32 Å². The zero-order valence-electron chi connectivity index (χ0n) is 13.8. The van der Waals surface area contributed by atoms with Crippen molar-refractivity contribution in [1.29, 1.82) is 0 Å². The van der Waals surface area contributed by atoms with Gasteiger partial charge in [-0.05, 0) is 44.1 Å². The molecular weight excluding hydrogens is 304 g/mol. The summed E-state index contributed by atoms with van der Waals surface area (Å²) in [5.74, 6) is 1.05. The maximum absolute atomic E-state index is 5.62. The zero-order chi connectivity index (χ0) is 16.1. The van der Waals surface area contributed by atoms with E-state index in [1.165, 1.54) is 32.1 Å². The summed E-state index contributed by atoms with van der Waals surface area (Å²) in [6.07, 6.45) is 7.41. The SMILES string of the molecule is CCNC(=S)N(CCc1nc2ccccc2[nH]1)C1CCCCC1. The quantitative estimate of drug-likeness (QED) is 0.822. The number of aromatic nitrogens is 2. The maximum atomic E-state index is 5.62. The highest BCUT2D eigenvalue weighted by molar-refractivity contribution is 7.80. The summed E-state index contributed by atoms with van der Waals surface area (Å²) in [6, 6.07) is 8.78. The highest BCUT2D eigenvalue weighted by Crippen LogP contribution is 2.23. The minimum atomic E-state index is 0.583. The van der Waals surface area contributed by atoms with Crippen LogP contribution in [0, 0.1) is 0 Å². The molecule has 1 aromatic carbocycles. The van der Waals surface area contributed by atoms with Crippen LogP contribution in [0.25, 0.3) is 11.0 Å². The molecule has 1 aromatic heterocycles. The summed E-state index contributed by atoms with van der Waals surface area (Å²) in [7, 11) is 0. The highest BCUT2D eigenvalue weighted by Gasteiger charge is 2.23. The lowest BCUT2D eigenvalue weighted by Gasteiger charge is -2.36. The monoisotopic (exact) mass is 330 g/mol. The minimum absolute atomic E-state index is 0.583. The molecule has 0 amide bonds. The molecule has 2 N–H and O–H groups in total. The third-order valence-electron chi connectivity index (χ3n) is 4.63. The van der Waals surface area contributed by atoms with Crippen molar-refractivity contribution in [1.82, 2.24) is 20.2 Å². The van der Waals surface area contributed by atoms with Crippen LogP contribution in [-0.4, -0.2) is 39.1 Å². The molecule has 4 nitrogen and oxygen atoms in total. The summed E-state index contributed by atoms with van der Waals surface area (Å²) < 4.78 is 0. The highest BCUT2D eigenvalue weighted by atomic mass is 32.1. The Morgan fingerprint density at radius 2 is 2.09 bits per heavy atom. The van der Waals surface area contributed by atoms with Gasteiger partial charge >= 0.3 is 0 Å². The molecule has 1 fully saturated rings. The first-order chi connectivity index (χ1) is 11.3. The van der Waals surface area contributed by atoms with Gasteiger partial charge in [-0.3, -0.25) is 0 Å². The van der Waals surface area contributed by atoms with Gasteiger partial charge in [0.05, 0.1) is 11.0 Å². The van der Waals surface area contributed by atoms with Crippen molar-refractivity contribution in [3.63, 3.8) is 0 Å². The number of H-pyrrole nitrogens is 1. The van der Waals surface area contributed by atoms with Crippen molar-refractivity contribution < 1.29 is 0 Å². The number of thiocarbonyl (C=S) groups is 1. The molecule has 0 unspecified atom stereocenters. The van der Waals surface area contributed by atoms with Crippen LogP contribution in [0.1, 0.15) is 44.9 Å². The molecule has 0 radical (unpaired) electrons. The van der Waals surface area contributed by atoms with E-state index in [1.807, 2.05) is 12.1 Å². The molecule has 5 heteroatoms. The van der Waals surface area contributed by atoms with Crippen LogP contribution in [0.4, 0.5) is 0 Å². The van der Waals surface area contributed by atoms with Crippen molar-refractivity contribution in [3.05, 3.63) is 30.1 Å². The van der Waals surface area contributed by atoms with Crippen molar-refractivity contribution in [2.24, 2.45) is 0 Å². The lowest BCUT2D eigenvalue weighted by Crippen LogP contribution is -2.47. The third kappa shape index (κ3) is 4.02. The largest absolute Gasteiger partial charge is 0.363 e. The van der Waals surface area contributed by atoms with E-state index in [-0.39, 0.29) is 0 Å². The van der Waals surface area contributed by atoms with Gasteiger partial charge in [0.1, 0.15) is 5.82 Å². The standard InChI is InChI=1S/C18H26N4S/c1-2-19-18(23)22(14-8-4-3-5-9-14)13-12-17-20-15-10-6-7-11-16(15)21-17/h6-7,10-11,14H,2-5,8-9,12-13H2,1H3,(H,19,23)(H,20,21). The van der Waals surface area contributed by atoms with Gasteiger partial charge in [-0.15, -0.1) is 0 Å². The molecule has 0 spiro atoms. The Morgan fingerprint density at radius 3 is 2.83 bits per heavy atom. The number of hydrogen-bond donors (Lipinski definition) is 2. The van der Waals surface area contributed by atoms with E-state index < -0.39 is 0 Å². The van der Waals surface area contributed by atoms with Gasteiger partial charge in [-0.25, -0.2) is 4.98 Å². The molecule has 0 saturated heterocycles. The molecule has 124 valence electrons. The number of aromatic amines is 1. The summed E-state index contributed by atoms with van der Waals surface area (Å²) in [5, 5.41) is 4.23. The van der Waals surface area contributed by atoms with Crippen molar-refractivity contribution in [2.45, 2.75) is 51.5 Å². The van der Waals surface area contributed by atoms with Crippen LogP contribution >= 0.6 is 12.2 Å². The fraction of sp³-hybridized carbons (Fsp3) is 0.556. The first kappa shape index (κ1) is 16.2. The van der Waals surface area contributed by atoms with E-state index in [4.69, 9.17) is 12.2 Å². The van der Waals surface area contributed by atoms with E-state index in [2.05, 4.69) is 39.2 Å². The van der Waals surface area contributed by atoms with Crippen molar-refractivity contribution in [2.75, 3.05) is 13.1 Å². The third-order valence-corrected chi connectivity index (χ3v) is 5.01. The van der Waals surface area contributed by atoms with Gasteiger partial charge in [-0.1, -0.05) is 31.4 Å². The number of para-hydroxylation sites is 2. The Kier molecular flexibility index (Phi) is 5.49. The Bertz CT molecular complexity index is 612. The molecule has 1 aliphatic carbocycles. The molecule has 23 heavy (non-hydrogen) atoms. The van der Waals surface area contributed by atoms with Crippen molar-refractivity contribution >= 4 is 28.4 Å². The fourth-order valence-electron chi connectivity index (χ4n) is 3.45. The maximum Gasteiger partial charge on any atom is 0.169 e. The molecule has 0 atom stereocenters. The predicted octanol–water partition coefficient (Wildman–Crippen LogP) is 3.63. The Labute approximate surface area is 143 Å². The smallest absolute Gasteiger partial charge is 0.169 e. The van der Waals surface area contributed by atoms with Crippen LogP contribution in [-0.2, 0) is 6.42 Å². The topological polar surface area (TPSA) is 44.0 Å². The molecule has 2 aromatic rings. The van der Waals surface area contributed by atoms with Gasteiger partial charge in [-0.2, -0.15) is 0 Å². The average Bonchev–Trinajstić information content (AvgIpc) is 2.99. The first-order valence-corrected chi connectivity index (χ1v) is 9.17. The van der Waals surface area contributed by atoms with Gasteiger partial charge in [0.2, 0.25) is 0 Å². The number of hydrogen-bond acceptors (Lipinski definition) is 2. The molecule has 3 rings (SSSR count). The molecule has 1 heterocycles. The number of nitrogens with zero attached hydrogens (tertiary/aromatic N) is 2. The Hall–Kier alpha value is -1.62. The van der Waals surface area contributed by atoms with Gasteiger partial charge in [0, 0.05) is 25.6 Å². The number of imidazole rings is 1. The predicted molar refractivity (Wildman–Crippen MR) is 99.7 cm³/mol. The number of nitrogens with one attached hydrogen (secondary N) is 2. The first-order valence-electron chi connectivity index (χ1n) is 8.76. The van der Waals surface area contributed by atoms with Gasteiger partial charge in [0.25, 0.3) is 0 Å². The normalized spacial score (nSPS) is 15.7. The van der Waals surface area contributed by atoms with Crippen molar-refractivity contribution in [3.8, 4) is 0 Å². The second-order valence-corrected chi connectivity index (χ2v) is 6.66. The van der Waals surface area contributed by atoms with E-state index in [0.717, 1.165) is 41.5 Å². The van der Waals surface area contributed by atoms with Crippen LogP contribution in [0.2, 0.25) is 0 Å². The number of fused-ring (bicyclic) bond motifs is 1. The summed E-state index contributed by atoms with van der Waals surface area (Å²) in [5.41, 5.74) is 2.15. The lowest BCUT2D eigenvalue weighted by atomic mass is 9.94. The van der Waals surface area contributed by atoms with Crippen LogP contribution in [0.3, 0.4) is 0 Å². The fourth-order valence-corrected chi connectivity index (χ4v) is 3.83. The second kappa shape index (κ2) is 7.77.